The van der Waals surface area contributed by atoms with Crippen molar-refractivity contribution < 1.29 is 19.1 Å². The topological polar surface area (TPSA) is 112 Å². The van der Waals surface area contributed by atoms with Crippen molar-refractivity contribution in [3.63, 3.8) is 0 Å². The van der Waals surface area contributed by atoms with Gasteiger partial charge < -0.3 is 15.4 Å². The van der Waals surface area contributed by atoms with Crippen LogP contribution in [0.25, 0.3) is 0 Å². The summed E-state index contributed by atoms with van der Waals surface area (Å²) < 4.78 is 5.14. The van der Waals surface area contributed by atoms with E-state index in [0.29, 0.717) is 29.0 Å². The molecule has 3 rings (SSSR count). The van der Waals surface area contributed by atoms with E-state index in [2.05, 4.69) is 10.6 Å². The van der Waals surface area contributed by atoms with Gasteiger partial charge in [0.2, 0.25) is 5.91 Å². The highest BCUT2D eigenvalue weighted by Crippen LogP contribution is 2.33. The SMILES string of the molecule is CC[C@@]1(c2ccc(OC)cc2)NC(=O)N(CC(=O)Nc2ccccc2C#N)C1=O. The molecule has 0 bridgehead atoms. The number of amides is 4. The molecule has 29 heavy (non-hydrogen) atoms. The van der Waals surface area contributed by atoms with Crippen LogP contribution < -0.4 is 15.4 Å². The van der Waals surface area contributed by atoms with Gasteiger partial charge in [0, 0.05) is 0 Å². The minimum absolute atomic E-state index is 0.291. The zero-order chi connectivity index (χ0) is 21.0. The van der Waals surface area contributed by atoms with Gasteiger partial charge in [0.15, 0.2) is 0 Å². The Hall–Kier alpha value is -3.86. The fourth-order valence-corrected chi connectivity index (χ4v) is 3.31. The molecule has 1 saturated heterocycles. The largest absolute Gasteiger partial charge is 0.497 e. The molecule has 1 fully saturated rings. The Kier molecular flexibility index (Phi) is 5.50. The van der Waals surface area contributed by atoms with Gasteiger partial charge in [-0.25, -0.2) is 4.79 Å². The Labute approximate surface area is 168 Å². The third kappa shape index (κ3) is 3.62. The second-order valence-corrected chi connectivity index (χ2v) is 6.51. The predicted octanol–water partition coefficient (Wildman–Crippen LogP) is 2.36. The molecule has 4 amide bonds. The van der Waals surface area contributed by atoms with Gasteiger partial charge in [-0.2, -0.15) is 5.26 Å². The third-order valence-corrected chi connectivity index (χ3v) is 4.91. The van der Waals surface area contributed by atoms with E-state index in [0.717, 1.165) is 4.90 Å². The average molecular weight is 392 g/mol. The predicted molar refractivity (Wildman–Crippen MR) is 105 cm³/mol. The molecule has 0 unspecified atom stereocenters. The van der Waals surface area contributed by atoms with Crippen molar-refractivity contribution in [2.75, 3.05) is 19.0 Å². The van der Waals surface area contributed by atoms with Crippen molar-refractivity contribution in [2.45, 2.75) is 18.9 Å². The van der Waals surface area contributed by atoms with Crippen LogP contribution in [0.4, 0.5) is 10.5 Å². The molecule has 0 aliphatic carbocycles. The van der Waals surface area contributed by atoms with Crippen LogP contribution in [0, 0.1) is 11.3 Å². The second-order valence-electron chi connectivity index (χ2n) is 6.51. The van der Waals surface area contributed by atoms with Gasteiger partial charge in [-0.05, 0) is 36.2 Å². The van der Waals surface area contributed by atoms with Crippen molar-refractivity contribution in [3.8, 4) is 11.8 Å². The van der Waals surface area contributed by atoms with Crippen LogP contribution in [0.5, 0.6) is 5.75 Å². The van der Waals surface area contributed by atoms with Gasteiger partial charge in [-0.1, -0.05) is 31.2 Å². The first kappa shape index (κ1) is 19.9. The molecule has 1 heterocycles. The molecule has 2 N–H and O–H groups in total. The Bertz CT molecular complexity index is 996. The second kappa shape index (κ2) is 8.02. The number of carbonyl (C=O) groups excluding carboxylic acids is 3. The first-order valence-corrected chi connectivity index (χ1v) is 9.02. The zero-order valence-corrected chi connectivity index (χ0v) is 16.1. The van der Waals surface area contributed by atoms with Crippen molar-refractivity contribution in [3.05, 3.63) is 59.7 Å². The number of nitrogens with one attached hydrogen (secondary N) is 2. The minimum atomic E-state index is -1.24. The van der Waals surface area contributed by atoms with Crippen LogP contribution in [0.3, 0.4) is 0 Å². The molecule has 0 saturated carbocycles. The maximum Gasteiger partial charge on any atom is 0.325 e. The monoisotopic (exact) mass is 392 g/mol. The van der Waals surface area contributed by atoms with Gasteiger partial charge in [-0.15, -0.1) is 0 Å². The summed E-state index contributed by atoms with van der Waals surface area (Å²) in [5.74, 6) is -0.444. The quantitative estimate of drug-likeness (QED) is 0.733. The molecule has 8 nitrogen and oxygen atoms in total. The van der Waals surface area contributed by atoms with E-state index in [1.54, 1.807) is 55.5 Å². The van der Waals surface area contributed by atoms with E-state index in [-0.39, 0.29) is 0 Å². The van der Waals surface area contributed by atoms with Crippen LogP contribution in [-0.4, -0.2) is 36.4 Å². The summed E-state index contributed by atoms with van der Waals surface area (Å²) >= 11 is 0. The van der Waals surface area contributed by atoms with Crippen molar-refractivity contribution >= 4 is 23.5 Å². The van der Waals surface area contributed by atoms with E-state index in [1.807, 2.05) is 6.07 Å². The lowest BCUT2D eigenvalue weighted by Crippen LogP contribution is -2.44. The number of nitrogens with zero attached hydrogens (tertiary/aromatic N) is 2. The Morgan fingerprint density at radius 2 is 1.90 bits per heavy atom. The number of para-hydroxylation sites is 1. The highest BCUT2D eigenvalue weighted by atomic mass is 16.5. The number of anilines is 1. The number of hydrogen-bond donors (Lipinski definition) is 2. The van der Waals surface area contributed by atoms with Gasteiger partial charge in [0.1, 0.15) is 23.9 Å². The lowest BCUT2D eigenvalue weighted by Gasteiger charge is -2.26. The zero-order valence-electron chi connectivity index (χ0n) is 16.1. The maximum atomic E-state index is 13.1. The number of imide groups is 1. The summed E-state index contributed by atoms with van der Waals surface area (Å²) in [5, 5.41) is 14.4. The molecule has 2 aromatic rings. The average Bonchev–Trinajstić information content (AvgIpc) is 2.99. The van der Waals surface area contributed by atoms with E-state index in [9.17, 15) is 14.4 Å². The van der Waals surface area contributed by atoms with E-state index >= 15 is 0 Å². The van der Waals surface area contributed by atoms with E-state index in [1.165, 1.54) is 7.11 Å². The minimum Gasteiger partial charge on any atom is -0.497 e. The fraction of sp³-hybridized carbons (Fsp3) is 0.238. The van der Waals surface area contributed by atoms with Crippen LogP contribution in [0.1, 0.15) is 24.5 Å². The van der Waals surface area contributed by atoms with Gasteiger partial charge in [0.05, 0.1) is 18.4 Å². The summed E-state index contributed by atoms with van der Waals surface area (Å²) in [5.41, 5.74) is -0.0196. The number of benzene rings is 2. The third-order valence-electron chi connectivity index (χ3n) is 4.91. The highest BCUT2D eigenvalue weighted by Gasteiger charge is 2.51. The number of urea groups is 1. The summed E-state index contributed by atoms with van der Waals surface area (Å²) in [6, 6.07) is 14.7. The first-order chi connectivity index (χ1) is 13.9. The normalized spacial score (nSPS) is 18.2. The summed E-state index contributed by atoms with van der Waals surface area (Å²) in [6.45, 7) is 1.33. The van der Waals surface area contributed by atoms with Crippen LogP contribution in [0.2, 0.25) is 0 Å². The van der Waals surface area contributed by atoms with Crippen molar-refractivity contribution in [2.24, 2.45) is 0 Å². The number of nitriles is 1. The molecule has 1 aliphatic heterocycles. The fourth-order valence-electron chi connectivity index (χ4n) is 3.31. The standard InChI is InChI=1S/C21H20N4O4/c1-3-21(15-8-10-16(29-2)11-9-15)19(27)25(20(28)24-21)13-18(26)23-17-7-5-4-6-14(17)12-22/h4-11H,3,13H2,1-2H3,(H,23,26)(H,24,28)/t21-/m0/s1. The van der Waals surface area contributed by atoms with Crippen LogP contribution in [-0.2, 0) is 15.1 Å². The molecular weight excluding hydrogens is 372 g/mol. The van der Waals surface area contributed by atoms with Gasteiger partial charge >= 0.3 is 6.03 Å². The Morgan fingerprint density at radius 3 is 2.52 bits per heavy atom. The van der Waals surface area contributed by atoms with Crippen molar-refractivity contribution in [1.82, 2.24) is 10.2 Å². The smallest absolute Gasteiger partial charge is 0.325 e. The Balaban J connectivity index is 1.80. The summed E-state index contributed by atoms with van der Waals surface area (Å²) in [6.07, 6.45) is 0.319. The molecular formula is C21H20N4O4. The van der Waals surface area contributed by atoms with Gasteiger partial charge in [0.25, 0.3) is 5.91 Å². The number of methoxy groups -OCH3 is 1. The molecule has 2 aromatic carbocycles. The Morgan fingerprint density at radius 1 is 1.21 bits per heavy atom. The molecule has 0 spiro atoms. The lowest BCUT2D eigenvalue weighted by atomic mass is 9.87. The highest BCUT2D eigenvalue weighted by molar-refractivity contribution is 6.10. The molecule has 1 aliphatic rings. The summed E-state index contributed by atoms with van der Waals surface area (Å²) in [7, 11) is 1.54. The lowest BCUT2D eigenvalue weighted by molar-refractivity contribution is -0.134. The summed E-state index contributed by atoms with van der Waals surface area (Å²) in [4.78, 5) is 38.9. The van der Waals surface area contributed by atoms with Gasteiger partial charge in [-0.3, -0.25) is 14.5 Å². The number of hydrogen-bond acceptors (Lipinski definition) is 5. The molecule has 0 aromatic heterocycles. The molecule has 8 heteroatoms. The maximum absolute atomic E-state index is 13.1. The van der Waals surface area contributed by atoms with Crippen molar-refractivity contribution in [1.29, 1.82) is 5.26 Å². The first-order valence-electron chi connectivity index (χ1n) is 9.02. The molecule has 1 atom stereocenters. The number of ether oxygens (including phenoxy) is 1. The number of rotatable bonds is 6. The van der Waals surface area contributed by atoms with E-state index < -0.39 is 29.9 Å². The van der Waals surface area contributed by atoms with Crippen LogP contribution in [0.15, 0.2) is 48.5 Å². The van der Waals surface area contributed by atoms with Crippen LogP contribution >= 0.6 is 0 Å². The number of carbonyl (C=O) groups is 3. The molecule has 0 radical (unpaired) electrons. The molecule has 148 valence electrons. The van der Waals surface area contributed by atoms with E-state index in [4.69, 9.17) is 10.00 Å².